The normalized spacial score (nSPS) is 18.1. The van der Waals surface area contributed by atoms with Crippen molar-refractivity contribution in [1.29, 1.82) is 0 Å². The summed E-state index contributed by atoms with van der Waals surface area (Å²) in [7, 11) is 3.49. The third-order valence-corrected chi connectivity index (χ3v) is 6.76. The number of fused-ring (bicyclic) bond motifs is 2. The first-order chi connectivity index (χ1) is 16.4. The Morgan fingerprint density at radius 2 is 2.03 bits per heavy atom. The van der Waals surface area contributed by atoms with E-state index in [1.807, 2.05) is 44.3 Å². The molecule has 8 heteroatoms. The van der Waals surface area contributed by atoms with Crippen molar-refractivity contribution in [2.75, 3.05) is 45.4 Å². The highest BCUT2D eigenvalue weighted by molar-refractivity contribution is 5.98. The molecular weight excluding hydrogens is 432 g/mol. The molecule has 2 aliphatic rings. The molecule has 1 atom stereocenters. The molecule has 0 aliphatic carbocycles. The second-order valence-corrected chi connectivity index (χ2v) is 9.11. The van der Waals surface area contributed by atoms with Crippen LogP contribution in [0.3, 0.4) is 0 Å². The average Bonchev–Trinajstić information content (AvgIpc) is 3.11. The van der Waals surface area contributed by atoms with E-state index in [-0.39, 0.29) is 17.6 Å². The van der Waals surface area contributed by atoms with Crippen molar-refractivity contribution in [2.45, 2.75) is 32.5 Å². The van der Waals surface area contributed by atoms with Crippen molar-refractivity contribution in [1.82, 2.24) is 14.5 Å². The molecule has 2 aliphatic heterocycles. The van der Waals surface area contributed by atoms with Crippen molar-refractivity contribution < 1.29 is 14.3 Å². The van der Waals surface area contributed by atoms with Crippen molar-refractivity contribution in [3.8, 4) is 0 Å². The van der Waals surface area contributed by atoms with E-state index in [2.05, 4.69) is 11.0 Å². The van der Waals surface area contributed by atoms with Crippen molar-refractivity contribution in [3.63, 3.8) is 0 Å². The molecule has 178 valence electrons. The van der Waals surface area contributed by atoms with E-state index >= 15 is 0 Å². The Kier molecular flexibility index (Phi) is 6.10. The summed E-state index contributed by atoms with van der Waals surface area (Å²) >= 11 is 0. The smallest absolute Gasteiger partial charge is 0.261 e. The number of nitrogens with zero attached hydrogens (tertiary/aromatic N) is 4. The first kappa shape index (κ1) is 22.6. The standard InChI is InChI=1S/C26H30N4O4/c1-17-27-24-13-20(29-10-11-34-21(15-29)16-33-3)5-7-23(24)26(32)30(17)9-8-18-4-6-22-19(12-18)14-28(2)25(22)31/h4-7,12-13,21H,8-11,14-16H2,1-3H3/t21-/m1/s1. The van der Waals surface area contributed by atoms with E-state index in [9.17, 15) is 9.59 Å². The zero-order chi connectivity index (χ0) is 23.8. The number of aryl methyl sites for hydroxylation is 2. The zero-order valence-electron chi connectivity index (χ0n) is 19.9. The van der Waals surface area contributed by atoms with Crippen molar-refractivity contribution >= 4 is 22.5 Å². The Morgan fingerprint density at radius 1 is 1.18 bits per heavy atom. The number of hydrogen-bond acceptors (Lipinski definition) is 6. The maximum absolute atomic E-state index is 13.3. The lowest BCUT2D eigenvalue weighted by molar-refractivity contribution is -0.0100. The molecular formula is C26H30N4O4. The Morgan fingerprint density at radius 3 is 2.85 bits per heavy atom. The van der Waals surface area contributed by atoms with Crippen LogP contribution in [0.15, 0.2) is 41.2 Å². The molecule has 34 heavy (non-hydrogen) atoms. The van der Waals surface area contributed by atoms with Gasteiger partial charge in [-0.1, -0.05) is 12.1 Å². The summed E-state index contributed by atoms with van der Waals surface area (Å²) < 4.78 is 12.7. The van der Waals surface area contributed by atoms with Gasteiger partial charge in [0.05, 0.1) is 30.2 Å². The van der Waals surface area contributed by atoms with Crippen LogP contribution in [0.1, 0.15) is 27.3 Å². The zero-order valence-corrected chi connectivity index (χ0v) is 19.9. The van der Waals surface area contributed by atoms with Crippen LogP contribution < -0.4 is 10.5 Å². The topological polar surface area (TPSA) is 76.9 Å². The number of carbonyl (C=O) groups excluding carboxylic acids is 1. The fourth-order valence-corrected chi connectivity index (χ4v) is 4.94. The minimum Gasteiger partial charge on any atom is -0.382 e. The summed E-state index contributed by atoms with van der Waals surface area (Å²) in [5, 5.41) is 0.622. The number of hydrogen-bond donors (Lipinski definition) is 0. The predicted molar refractivity (Wildman–Crippen MR) is 131 cm³/mol. The number of rotatable bonds is 6. The van der Waals surface area contributed by atoms with Crippen LogP contribution in [-0.2, 0) is 29.0 Å². The fraction of sp³-hybridized carbons (Fsp3) is 0.423. The molecule has 0 bridgehead atoms. The number of aromatic nitrogens is 2. The van der Waals surface area contributed by atoms with Crippen LogP contribution >= 0.6 is 0 Å². The van der Waals surface area contributed by atoms with E-state index < -0.39 is 0 Å². The summed E-state index contributed by atoms with van der Waals surface area (Å²) in [6.07, 6.45) is 0.737. The molecule has 0 N–H and O–H groups in total. The number of anilines is 1. The van der Waals surface area contributed by atoms with Gasteiger partial charge in [0.15, 0.2) is 0 Å². The van der Waals surface area contributed by atoms with Gasteiger partial charge >= 0.3 is 0 Å². The van der Waals surface area contributed by atoms with Gasteiger partial charge in [0.1, 0.15) is 5.82 Å². The average molecular weight is 463 g/mol. The maximum atomic E-state index is 13.3. The van der Waals surface area contributed by atoms with Gasteiger partial charge in [-0.3, -0.25) is 14.2 Å². The van der Waals surface area contributed by atoms with Gasteiger partial charge in [-0.05, 0) is 48.7 Å². The van der Waals surface area contributed by atoms with Crippen LogP contribution in [0.25, 0.3) is 10.9 Å². The maximum Gasteiger partial charge on any atom is 0.261 e. The van der Waals surface area contributed by atoms with Crippen molar-refractivity contribution in [2.24, 2.45) is 0 Å². The fourth-order valence-electron chi connectivity index (χ4n) is 4.94. The third kappa shape index (κ3) is 4.19. The molecule has 1 aromatic heterocycles. The van der Waals surface area contributed by atoms with E-state index in [1.54, 1.807) is 16.6 Å². The SMILES string of the molecule is COC[C@H]1CN(c2ccc3c(=O)n(CCc4ccc5c(c4)CN(C)C5=O)c(C)nc3c2)CCO1. The van der Waals surface area contributed by atoms with E-state index in [0.717, 1.165) is 35.5 Å². The van der Waals surface area contributed by atoms with Crippen LogP contribution in [-0.4, -0.2) is 66.9 Å². The molecule has 3 aromatic rings. The summed E-state index contributed by atoms with van der Waals surface area (Å²) in [5.74, 6) is 0.767. The molecule has 1 fully saturated rings. The van der Waals surface area contributed by atoms with Gasteiger partial charge in [-0.2, -0.15) is 0 Å². The molecule has 2 aromatic carbocycles. The third-order valence-electron chi connectivity index (χ3n) is 6.76. The lowest BCUT2D eigenvalue weighted by Crippen LogP contribution is -2.44. The predicted octanol–water partition coefficient (Wildman–Crippen LogP) is 2.38. The minimum absolute atomic E-state index is 0.0237. The molecule has 0 spiro atoms. The van der Waals surface area contributed by atoms with Crippen LogP contribution in [0.4, 0.5) is 5.69 Å². The Hall–Kier alpha value is -3.23. The number of amides is 1. The highest BCUT2D eigenvalue weighted by Crippen LogP contribution is 2.24. The van der Waals surface area contributed by atoms with Gasteiger partial charge < -0.3 is 19.3 Å². The second-order valence-electron chi connectivity index (χ2n) is 9.11. The van der Waals surface area contributed by atoms with Gasteiger partial charge in [0.25, 0.3) is 11.5 Å². The number of carbonyl (C=O) groups is 1. The minimum atomic E-state index is -0.0237. The summed E-state index contributed by atoms with van der Waals surface area (Å²) in [6, 6.07) is 11.8. The lowest BCUT2D eigenvalue weighted by atomic mass is 10.0. The van der Waals surface area contributed by atoms with E-state index in [4.69, 9.17) is 14.5 Å². The first-order valence-electron chi connectivity index (χ1n) is 11.7. The molecule has 5 rings (SSSR count). The van der Waals surface area contributed by atoms with Crippen LogP contribution in [0.2, 0.25) is 0 Å². The van der Waals surface area contributed by atoms with Gasteiger partial charge in [-0.25, -0.2) is 4.98 Å². The van der Waals surface area contributed by atoms with Crippen molar-refractivity contribution in [3.05, 3.63) is 69.3 Å². The number of methoxy groups -OCH3 is 1. The Bertz CT molecular complexity index is 1300. The van der Waals surface area contributed by atoms with E-state index in [1.165, 1.54) is 0 Å². The summed E-state index contributed by atoms with van der Waals surface area (Å²) in [4.78, 5) is 34.2. The Labute approximate surface area is 198 Å². The molecule has 8 nitrogen and oxygen atoms in total. The van der Waals surface area contributed by atoms with Crippen LogP contribution in [0, 0.1) is 6.92 Å². The van der Waals surface area contributed by atoms with Gasteiger partial charge in [0, 0.05) is 51.6 Å². The quantitative estimate of drug-likeness (QED) is 0.560. The number of morpholine rings is 1. The Balaban J connectivity index is 1.36. The van der Waals surface area contributed by atoms with E-state index in [0.29, 0.717) is 49.5 Å². The summed E-state index contributed by atoms with van der Waals surface area (Å²) in [5.41, 5.74) is 4.67. The molecule has 0 radical (unpaired) electrons. The van der Waals surface area contributed by atoms with Crippen LogP contribution in [0.5, 0.6) is 0 Å². The largest absolute Gasteiger partial charge is 0.382 e. The molecule has 3 heterocycles. The second kappa shape index (κ2) is 9.19. The highest BCUT2D eigenvalue weighted by Gasteiger charge is 2.24. The molecule has 1 saturated heterocycles. The van der Waals surface area contributed by atoms with Gasteiger partial charge in [0.2, 0.25) is 0 Å². The number of ether oxygens (including phenoxy) is 2. The summed E-state index contributed by atoms with van der Waals surface area (Å²) in [6.45, 7) is 5.81. The molecule has 1 amide bonds. The van der Waals surface area contributed by atoms with Gasteiger partial charge in [-0.15, -0.1) is 0 Å². The number of benzene rings is 2. The highest BCUT2D eigenvalue weighted by atomic mass is 16.5. The monoisotopic (exact) mass is 462 g/mol. The lowest BCUT2D eigenvalue weighted by Gasteiger charge is -2.34. The first-order valence-corrected chi connectivity index (χ1v) is 11.7. The molecule has 0 saturated carbocycles. The molecule has 0 unspecified atom stereocenters.